The van der Waals surface area contributed by atoms with E-state index in [0.29, 0.717) is 11.5 Å². The Balaban J connectivity index is 2.06. The number of benzene rings is 1. The first kappa shape index (κ1) is 16.8. The maximum atomic E-state index is 5.94. The Bertz CT molecular complexity index is 991. The highest BCUT2D eigenvalue weighted by Crippen LogP contribution is 2.30. The normalized spacial score (nSPS) is 16.1. The first-order valence-corrected chi connectivity index (χ1v) is 9.94. The molecule has 4 N–H and O–H groups in total. The van der Waals surface area contributed by atoms with E-state index in [1.807, 2.05) is 6.07 Å². The van der Waals surface area contributed by atoms with Gasteiger partial charge in [0, 0.05) is 32.7 Å². The largest absolute Gasteiger partial charge is 0.403 e. The molecule has 0 saturated carbocycles. The average molecular weight is 514 g/mol. The van der Waals surface area contributed by atoms with Gasteiger partial charge in [-0.25, -0.2) is 9.97 Å². The lowest BCUT2D eigenvalue weighted by atomic mass is 10.1. The minimum atomic E-state index is 0.353. The molecule has 0 spiro atoms. The molecule has 25 heavy (non-hydrogen) atoms. The van der Waals surface area contributed by atoms with E-state index in [9.17, 15) is 0 Å². The standard InChI is InChI=1S/C16H17BrIN7/c17-9-6-10-13(11(18)7-9)21-16(24-4-2-1-3-5-24)25-15(10)22-14(23-25)12(20)8-19/h6-8H,1-5,19-20H2/b12-8-. The highest BCUT2D eigenvalue weighted by molar-refractivity contribution is 14.1. The molecule has 0 bridgehead atoms. The Kier molecular flexibility index (Phi) is 4.44. The summed E-state index contributed by atoms with van der Waals surface area (Å²) in [6, 6.07) is 4.07. The molecule has 1 saturated heterocycles. The van der Waals surface area contributed by atoms with Gasteiger partial charge < -0.3 is 16.4 Å². The van der Waals surface area contributed by atoms with Gasteiger partial charge in [0.2, 0.25) is 5.95 Å². The summed E-state index contributed by atoms with van der Waals surface area (Å²) in [4.78, 5) is 11.8. The summed E-state index contributed by atoms with van der Waals surface area (Å²) < 4.78 is 3.84. The smallest absolute Gasteiger partial charge is 0.229 e. The zero-order valence-electron chi connectivity index (χ0n) is 13.4. The molecule has 1 aliphatic rings. The minimum Gasteiger partial charge on any atom is -0.403 e. The van der Waals surface area contributed by atoms with Crippen molar-refractivity contribution in [2.75, 3.05) is 18.0 Å². The summed E-state index contributed by atoms with van der Waals surface area (Å²) in [5, 5.41) is 5.51. The van der Waals surface area contributed by atoms with E-state index < -0.39 is 0 Å². The molecule has 4 rings (SSSR count). The Labute approximate surface area is 166 Å². The minimum absolute atomic E-state index is 0.353. The summed E-state index contributed by atoms with van der Waals surface area (Å²) in [6.07, 6.45) is 4.89. The molecular weight excluding hydrogens is 497 g/mol. The molecule has 0 atom stereocenters. The number of nitrogens with two attached hydrogens (primary N) is 2. The molecular formula is C16H17BrIN7. The van der Waals surface area contributed by atoms with Crippen LogP contribution in [0.15, 0.2) is 22.8 Å². The van der Waals surface area contributed by atoms with E-state index in [0.717, 1.165) is 56.5 Å². The zero-order chi connectivity index (χ0) is 17.6. The van der Waals surface area contributed by atoms with E-state index in [1.165, 1.54) is 12.6 Å². The number of piperidine rings is 1. The first-order chi connectivity index (χ1) is 12.1. The van der Waals surface area contributed by atoms with Crippen molar-refractivity contribution in [3.05, 3.63) is 32.2 Å². The van der Waals surface area contributed by atoms with E-state index in [1.54, 1.807) is 4.52 Å². The molecule has 9 heteroatoms. The van der Waals surface area contributed by atoms with Crippen LogP contribution in [-0.4, -0.2) is 32.7 Å². The van der Waals surface area contributed by atoms with Crippen LogP contribution in [0, 0.1) is 3.57 Å². The van der Waals surface area contributed by atoms with Gasteiger partial charge in [-0.1, -0.05) is 15.9 Å². The predicted octanol–water partition coefficient (Wildman–Crippen LogP) is 2.85. The monoisotopic (exact) mass is 513 g/mol. The molecule has 1 aromatic carbocycles. The SMILES string of the molecule is N/C=C(\N)c1nc2c3cc(Br)cc(I)c3nc(N3CCCCC3)n2n1. The number of fused-ring (bicyclic) bond motifs is 3. The molecule has 1 fully saturated rings. The number of nitrogens with zero attached hydrogens (tertiary/aromatic N) is 5. The van der Waals surface area contributed by atoms with Crippen LogP contribution >= 0.6 is 38.5 Å². The fourth-order valence-corrected chi connectivity index (χ4v) is 4.75. The van der Waals surface area contributed by atoms with Gasteiger partial charge in [0.25, 0.3) is 0 Å². The van der Waals surface area contributed by atoms with Crippen molar-refractivity contribution in [3.63, 3.8) is 0 Å². The third-order valence-corrected chi connectivity index (χ3v) is 5.63. The first-order valence-electron chi connectivity index (χ1n) is 8.06. The highest BCUT2D eigenvalue weighted by Gasteiger charge is 2.21. The summed E-state index contributed by atoms with van der Waals surface area (Å²) in [5.74, 6) is 1.23. The lowest BCUT2D eigenvalue weighted by molar-refractivity contribution is 0.563. The number of hydrogen-bond acceptors (Lipinski definition) is 6. The second-order valence-corrected chi connectivity index (χ2v) is 8.11. The summed E-state index contributed by atoms with van der Waals surface area (Å²) >= 11 is 5.86. The van der Waals surface area contributed by atoms with Crippen molar-refractivity contribution in [2.45, 2.75) is 19.3 Å². The summed E-state index contributed by atoms with van der Waals surface area (Å²) in [7, 11) is 0. The van der Waals surface area contributed by atoms with Crippen molar-refractivity contribution in [1.29, 1.82) is 0 Å². The Morgan fingerprint density at radius 1 is 1.20 bits per heavy atom. The molecule has 130 valence electrons. The van der Waals surface area contributed by atoms with Crippen LogP contribution in [0.4, 0.5) is 5.95 Å². The van der Waals surface area contributed by atoms with Crippen LogP contribution in [0.2, 0.25) is 0 Å². The summed E-state index contributed by atoms with van der Waals surface area (Å²) in [5.41, 5.74) is 13.5. The molecule has 1 aliphatic heterocycles. The maximum Gasteiger partial charge on any atom is 0.229 e. The Hall–Kier alpha value is -1.62. The van der Waals surface area contributed by atoms with E-state index in [-0.39, 0.29) is 0 Å². The van der Waals surface area contributed by atoms with Crippen molar-refractivity contribution >= 4 is 66.7 Å². The maximum absolute atomic E-state index is 5.94. The van der Waals surface area contributed by atoms with Crippen LogP contribution in [0.25, 0.3) is 22.2 Å². The number of aromatic nitrogens is 4. The van der Waals surface area contributed by atoms with Crippen LogP contribution < -0.4 is 16.4 Å². The Morgan fingerprint density at radius 3 is 2.68 bits per heavy atom. The van der Waals surface area contributed by atoms with E-state index >= 15 is 0 Å². The topological polar surface area (TPSA) is 98.4 Å². The number of rotatable bonds is 2. The third kappa shape index (κ3) is 2.92. The molecule has 7 nitrogen and oxygen atoms in total. The predicted molar refractivity (Wildman–Crippen MR) is 111 cm³/mol. The van der Waals surface area contributed by atoms with Crippen LogP contribution in [0.5, 0.6) is 0 Å². The van der Waals surface area contributed by atoms with Gasteiger partial charge in [0.1, 0.15) is 0 Å². The van der Waals surface area contributed by atoms with Crippen molar-refractivity contribution in [2.24, 2.45) is 11.5 Å². The summed E-state index contributed by atoms with van der Waals surface area (Å²) in [6.45, 7) is 1.94. The molecule has 3 aromatic rings. The Morgan fingerprint density at radius 2 is 1.96 bits per heavy atom. The van der Waals surface area contributed by atoms with E-state index in [4.69, 9.17) is 16.5 Å². The third-order valence-electron chi connectivity index (χ3n) is 4.35. The van der Waals surface area contributed by atoms with Gasteiger partial charge in [0.05, 0.1) is 11.2 Å². The van der Waals surface area contributed by atoms with Gasteiger partial charge in [-0.2, -0.15) is 4.52 Å². The van der Waals surface area contributed by atoms with Gasteiger partial charge in [-0.05, 0) is 54.0 Å². The lowest BCUT2D eigenvalue weighted by Gasteiger charge is -2.27. The molecule has 0 unspecified atom stereocenters. The zero-order valence-corrected chi connectivity index (χ0v) is 17.2. The van der Waals surface area contributed by atoms with Gasteiger partial charge in [-0.15, -0.1) is 5.10 Å². The van der Waals surface area contributed by atoms with Crippen LogP contribution in [-0.2, 0) is 0 Å². The number of hydrogen-bond donors (Lipinski definition) is 2. The van der Waals surface area contributed by atoms with Crippen LogP contribution in [0.1, 0.15) is 25.1 Å². The van der Waals surface area contributed by atoms with Gasteiger partial charge in [-0.3, -0.25) is 0 Å². The molecule has 2 aromatic heterocycles. The second-order valence-electron chi connectivity index (χ2n) is 6.04. The van der Waals surface area contributed by atoms with Crippen molar-refractivity contribution in [1.82, 2.24) is 19.6 Å². The fourth-order valence-electron chi connectivity index (χ4n) is 3.12. The lowest BCUT2D eigenvalue weighted by Crippen LogP contribution is -2.32. The number of anilines is 1. The quantitative estimate of drug-likeness (QED) is 0.511. The number of halogens is 2. The van der Waals surface area contributed by atoms with Gasteiger partial charge in [0.15, 0.2) is 11.5 Å². The van der Waals surface area contributed by atoms with Crippen LogP contribution in [0.3, 0.4) is 0 Å². The average Bonchev–Trinajstić information content (AvgIpc) is 3.07. The second kappa shape index (κ2) is 6.60. The van der Waals surface area contributed by atoms with E-state index in [2.05, 4.69) is 59.6 Å². The molecule has 0 aliphatic carbocycles. The molecule has 0 amide bonds. The van der Waals surface area contributed by atoms with Crippen molar-refractivity contribution in [3.8, 4) is 0 Å². The van der Waals surface area contributed by atoms with Gasteiger partial charge >= 0.3 is 0 Å². The van der Waals surface area contributed by atoms with Crippen molar-refractivity contribution < 1.29 is 0 Å². The molecule has 3 heterocycles. The highest BCUT2D eigenvalue weighted by atomic mass is 127. The fraction of sp³-hybridized carbons (Fsp3) is 0.312. The molecule has 0 radical (unpaired) electrons.